The zero-order valence-corrected chi connectivity index (χ0v) is 9.86. The Kier molecular flexibility index (Phi) is 2.71. The molecule has 0 amide bonds. The van der Waals surface area contributed by atoms with E-state index in [1.807, 2.05) is 0 Å². The standard InChI is InChI=1S/C11H13FN4O/c1-6-7(12)4-8(13)11(17-3)10(6)9-5-14-16(2)15-9/h4-5H,13H2,1-3H3. The zero-order chi connectivity index (χ0) is 12.6. The van der Waals surface area contributed by atoms with Crippen molar-refractivity contribution in [3.05, 3.63) is 23.6 Å². The highest BCUT2D eigenvalue weighted by Gasteiger charge is 2.18. The van der Waals surface area contributed by atoms with Crippen LogP contribution in [0, 0.1) is 12.7 Å². The third kappa shape index (κ3) is 1.82. The van der Waals surface area contributed by atoms with Crippen molar-refractivity contribution in [2.75, 3.05) is 12.8 Å². The van der Waals surface area contributed by atoms with Gasteiger partial charge in [0, 0.05) is 13.1 Å². The van der Waals surface area contributed by atoms with Gasteiger partial charge in [-0.15, -0.1) is 0 Å². The van der Waals surface area contributed by atoms with Crippen LogP contribution in [0.1, 0.15) is 5.56 Å². The van der Waals surface area contributed by atoms with E-state index in [1.165, 1.54) is 18.0 Å². The predicted octanol–water partition coefficient (Wildman–Crippen LogP) is 1.52. The van der Waals surface area contributed by atoms with E-state index in [9.17, 15) is 4.39 Å². The Morgan fingerprint density at radius 3 is 2.71 bits per heavy atom. The minimum Gasteiger partial charge on any atom is -0.494 e. The third-order valence-corrected chi connectivity index (χ3v) is 2.56. The van der Waals surface area contributed by atoms with Crippen LogP contribution < -0.4 is 10.5 Å². The Balaban J connectivity index is 2.74. The molecule has 2 rings (SSSR count). The van der Waals surface area contributed by atoms with Gasteiger partial charge in [0.2, 0.25) is 0 Å². The molecule has 0 unspecified atom stereocenters. The lowest BCUT2D eigenvalue weighted by Crippen LogP contribution is -2.00. The number of hydrogen-bond donors (Lipinski definition) is 1. The van der Waals surface area contributed by atoms with E-state index in [-0.39, 0.29) is 11.5 Å². The minimum atomic E-state index is -0.385. The molecule has 0 spiro atoms. The van der Waals surface area contributed by atoms with E-state index in [0.717, 1.165) is 0 Å². The second kappa shape index (κ2) is 4.04. The van der Waals surface area contributed by atoms with Crippen LogP contribution in [0.25, 0.3) is 11.3 Å². The molecule has 0 atom stereocenters. The number of nitrogen functional groups attached to an aromatic ring is 1. The van der Waals surface area contributed by atoms with Gasteiger partial charge < -0.3 is 10.5 Å². The fourth-order valence-corrected chi connectivity index (χ4v) is 1.73. The van der Waals surface area contributed by atoms with Gasteiger partial charge in [-0.3, -0.25) is 0 Å². The van der Waals surface area contributed by atoms with Gasteiger partial charge in [-0.2, -0.15) is 15.0 Å². The van der Waals surface area contributed by atoms with Gasteiger partial charge >= 0.3 is 0 Å². The van der Waals surface area contributed by atoms with Gasteiger partial charge in [-0.05, 0) is 12.5 Å². The van der Waals surface area contributed by atoms with Gasteiger partial charge in [0.15, 0.2) is 5.75 Å². The van der Waals surface area contributed by atoms with Gasteiger partial charge in [-0.1, -0.05) is 0 Å². The van der Waals surface area contributed by atoms with Crippen LogP contribution in [-0.4, -0.2) is 22.1 Å². The van der Waals surface area contributed by atoms with Gasteiger partial charge in [-0.25, -0.2) is 4.39 Å². The van der Waals surface area contributed by atoms with E-state index in [2.05, 4.69) is 10.2 Å². The van der Waals surface area contributed by atoms with Crippen molar-refractivity contribution in [1.29, 1.82) is 0 Å². The predicted molar refractivity (Wildman–Crippen MR) is 62.1 cm³/mol. The first kappa shape index (κ1) is 11.4. The first-order valence-corrected chi connectivity index (χ1v) is 5.04. The molecule has 0 fully saturated rings. The lowest BCUT2D eigenvalue weighted by Gasteiger charge is -2.12. The zero-order valence-electron chi connectivity index (χ0n) is 9.86. The number of hydrogen-bond acceptors (Lipinski definition) is 4. The molecule has 0 bridgehead atoms. The molecule has 1 aromatic heterocycles. The Hall–Kier alpha value is -2.11. The first-order valence-electron chi connectivity index (χ1n) is 5.04. The Morgan fingerprint density at radius 1 is 1.47 bits per heavy atom. The van der Waals surface area contributed by atoms with Crippen LogP contribution in [0.2, 0.25) is 0 Å². The summed E-state index contributed by atoms with van der Waals surface area (Å²) < 4.78 is 18.9. The maximum atomic E-state index is 13.7. The van der Waals surface area contributed by atoms with Crippen LogP contribution in [-0.2, 0) is 7.05 Å². The number of halogens is 1. The molecule has 2 N–H and O–H groups in total. The normalized spacial score (nSPS) is 10.6. The molecule has 17 heavy (non-hydrogen) atoms. The average molecular weight is 236 g/mol. The number of aromatic nitrogens is 3. The molecule has 0 saturated carbocycles. The lowest BCUT2D eigenvalue weighted by atomic mass is 10.0. The maximum Gasteiger partial charge on any atom is 0.151 e. The van der Waals surface area contributed by atoms with E-state index in [0.29, 0.717) is 22.6 Å². The van der Waals surface area contributed by atoms with Crippen LogP contribution in [0.3, 0.4) is 0 Å². The first-order chi connectivity index (χ1) is 8.04. The van der Waals surface area contributed by atoms with Crippen molar-refractivity contribution in [2.45, 2.75) is 6.92 Å². The summed E-state index contributed by atoms with van der Waals surface area (Å²) in [6.07, 6.45) is 1.55. The summed E-state index contributed by atoms with van der Waals surface area (Å²) in [7, 11) is 3.18. The SMILES string of the molecule is COc1c(N)cc(F)c(C)c1-c1cnn(C)n1. The van der Waals surface area contributed by atoms with Gasteiger partial charge in [0.05, 0.1) is 24.6 Å². The van der Waals surface area contributed by atoms with Crippen molar-refractivity contribution in [3.63, 3.8) is 0 Å². The van der Waals surface area contributed by atoms with Gasteiger partial charge in [0.25, 0.3) is 0 Å². The molecule has 1 heterocycles. The smallest absolute Gasteiger partial charge is 0.151 e. The number of anilines is 1. The molecule has 0 radical (unpaired) electrons. The number of ether oxygens (including phenoxy) is 1. The number of benzene rings is 1. The number of nitrogens with two attached hydrogens (primary N) is 1. The lowest BCUT2D eigenvalue weighted by molar-refractivity contribution is 0.417. The third-order valence-electron chi connectivity index (χ3n) is 2.56. The van der Waals surface area contributed by atoms with Crippen molar-refractivity contribution in [3.8, 4) is 17.0 Å². The van der Waals surface area contributed by atoms with Crippen LogP contribution in [0.5, 0.6) is 5.75 Å². The van der Waals surface area contributed by atoms with E-state index >= 15 is 0 Å². The average Bonchev–Trinajstić information content (AvgIpc) is 2.69. The molecular weight excluding hydrogens is 223 g/mol. The fraction of sp³-hybridized carbons (Fsp3) is 0.273. The number of rotatable bonds is 2. The molecule has 6 heteroatoms. The highest BCUT2D eigenvalue weighted by atomic mass is 19.1. The second-order valence-corrected chi connectivity index (χ2v) is 3.70. The molecule has 2 aromatic rings. The highest BCUT2D eigenvalue weighted by molar-refractivity contribution is 5.77. The molecule has 1 aromatic carbocycles. The summed E-state index contributed by atoms with van der Waals surface area (Å²) in [5.41, 5.74) is 7.49. The van der Waals surface area contributed by atoms with Crippen molar-refractivity contribution in [2.24, 2.45) is 7.05 Å². The van der Waals surface area contributed by atoms with Gasteiger partial charge in [0.1, 0.15) is 11.5 Å². The van der Waals surface area contributed by atoms with Crippen LogP contribution in [0.15, 0.2) is 12.3 Å². The number of methoxy groups -OCH3 is 1. The fourth-order valence-electron chi connectivity index (χ4n) is 1.73. The molecule has 0 aliphatic carbocycles. The van der Waals surface area contributed by atoms with Crippen molar-refractivity contribution in [1.82, 2.24) is 15.0 Å². The molecular formula is C11H13FN4O. The Bertz CT molecular complexity index is 565. The summed E-state index contributed by atoms with van der Waals surface area (Å²) >= 11 is 0. The molecule has 0 aliphatic heterocycles. The summed E-state index contributed by atoms with van der Waals surface area (Å²) in [5, 5.41) is 8.09. The van der Waals surface area contributed by atoms with E-state index in [1.54, 1.807) is 20.2 Å². The van der Waals surface area contributed by atoms with E-state index < -0.39 is 0 Å². The quantitative estimate of drug-likeness (QED) is 0.803. The topological polar surface area (TPSA) is 66.0 Å². The maximum absolute atomic E-state index is 13.7. The molecule has 0 saturated heterocycles. The van der Waals surface area contributed by atoms with Crippen LogP contribution in [0.4, 0.5) is 10.1 Å². The Labute approximate surface area is 98.0 Å². The monoisotopic (exact) mass is 236 g/mol. The molecule has 0 aliphatic rings. The molecule has 5 nitrogen and oxygen atoms in total. The summed E-state index contributed by atoms with van der Waals surface area (Å²) in [6, 6.07) is 1.24. The summed E-state index contributed by atoms with van der Waals surface area (Å²) in [4.78, 5) is 1.40. The Morgan fingerprint density at radius 2 is 2.18 bits per heavy atom. The van der Waals surface area contributed by atoms with Crippen LogP contribution >= 0.6 is 0 Å². The number of nitrogens with zero attached hydrogens (tertiary/aromatic N) is 3. The number of aryl methyl sites for hydroxylation is 1. The summed E-state index contributed by atoms with van der Waals surface area (Å²) in [6.45, 7) is 1.65. The van der Waals surface area contributed by atoms with E-state index in [4.69, 9.17) is 10.5 Å². The largest absolute Gasteiger partial charge is 0.494 e. The molecule has 90 valence electrons. The highest BCUT2D eigenvalue weighted by Crippen LogP contribution is 2.37. The summed E-state index contributed by atoms with van der Waals surface area (Å²) in [5.74, 6) is 0.0355. The second-order valence-electron chi connectivity index (χ2n) is 3.70. The van der Waals surface area contributed by atoms with Crippen molar-refractivity contribution >= 4 is 5.69 Å². The minimum absolute atomic E-state index is 0.247. The van der Waals surface area contributed by atoms with Crippen molar-refractivity contribution < 1.29 is 9.13 Å².